The summed E-state index contributed by atoms with van der Waals surface area (Å²) >= 11 is 1.41. The minimum absolute atomic E-state index is 0.470. The van der Waals surface area contributed by atoms with E-state index in [0.29, 0.717) is 5.13 Å². The Labute approximate surface area is 140 Å². The third-order valence-corrected chi connectivity index (χ3v) is 4.30. The lowest BCUT2D eigenvalue weighted by Gasteiger charge is -2.28. The van der Waals surface area contributed by atoms with E-state index in [0.717, 1.165) is 25.3 Å². The van der Waals surface area contributed by atoms with Crippen molar-refractivity contribution < 1.29 is 9.53 Å². The molecule has 0 unspecified atom stereocenters. The van der Waals surface area contributed by atoms with Gasteiger partial charge >= 0.3 is 6.09 Å². The monoisotopic (exact) mass is 331 g/mol. The second-order valence-corrected chi connectivity index (χ2v) is 7.44. The summed E-state index contributed by atoms with van der Waals surface area (Å²) in [5, 5.41) is 5.23. The summed E-state index contributed by atoms with van der Waals surface area (Å²) in [7, 11) is 0. The molecule has 0 atom stereocenters. The average Bonchev–Trinajstić information content (AvgIpc) is 2.93. The summed E-state index contributed by atoms with van der Waals surface area (Å²) in [4.78, 5) is 18.5. The largest absolute Gasteiger partial charge is 0.444 e. The van der Waals surface area contributed by atoms with Crippen molar-refractivity contribution in [3.63, 3.8) is 0 Å². The van der Waals surface area contributed by atoms with E-state index in [4.69, 9.17) is 4.74 Å². The van der Waals surface area contributed by atoms with Crippen molar-refractivity contribution in [2.75, 3.05) is 16.8 Å². The van der Waals surface area contributed by atoms with Crippen LogP contribution in [0, 0.1) is 0 Å². The Hall–Kier alpha value is -2.08. The van der Waals surface area contributed by atoms with Crippen molar-refractivity contribution in [2.24, 2.45) is 0 Å². The molecule has 1 aromatic carbocycles. The highest BCUT2D eigenvalue weighted by atomic mass is 32.1. The SMILES string of the molecule is CC(C)(C)OC(=O)Nc1nc(N2CCc3ccccc3C2)cs1. The van der Waals surface area contributed by atoms with Gasteiger partial charge in [-0.15, -0.1) is 11.3 Å². The molecule has 2 heterocycles. The number of benzene rings is 1. The van der Waals surface area contributed by atoms with Gasteiger partial charge in [-0.25, -0.2) is 9.78 Å². The van der Waals surface area contributed by atoms with Crippen molar-refractivity contribution in [3.8, 4) is 0 Å². The molecule has 1 aromatic heterocycles. The standard InChI is InChI=1S/C17H21N3O2S/c1-17(2,3)22-16(21)19-15-18-14(11-23-15)20-9-8-12-6-4-5-7-13(12)10-20/h4-7,11H,8-10H2,1-3H3,(H,18,19,21). The molecule has 122 valence electrons. The van der Waals surface area contributed by atoms with E-state index >= 15 is 0 Å². The van der Waals surface area contributed by atoms with Gasteiger partial charge in [0.1, 0.15) is 11.4 Å². The molecule has 0 spiro atoms. The van der Waals surface area contributed by atoms with Gasteiger partial charge < -0.3 is 9.64 Å². The molecule has 0 fully saturated rings. The van der Waals surface area contributed by atoms with Crippen LogP contribution in [0.1, 0.15) is 31.9 Å². The molecule has 3 rings (SSSR count). The average molecular weight is 331 g/mol. The molecule has 1 amide bonds. The Morgan fingerprint density at radius 1 is 1.30 bits per heavy atom. The maximum Gasteiger partial charge on any atom is 0.413 e. The molecule has 23 heavy (non-hydrogen) atoms. The topological polar surface area (TPSA) is 54.5 Å². The van der Waals surface area contributed by atoms with Crippen molar-refractivity contribution in [1.82, 2.24) is 4.98 Å². The number of aromatic nitrogens is 1. The Kier molecular flexibility index (Phi) is 4.26. The number of carbonyl (C=O) groups is 1. The van der Waals surface area contributed by atoms with Gasteiger partial charge in [0.15, 0.2) is 5.13 Å². The summed E-state index contributed by atoms with van der Waals surface area (Å²) in [6, 6.07) is 8.50. The zero-order chi connectivity index (χ0) is 16.4. The lowest BCUT2D eigenvalue weighted by Crippen LogP contribution is -2.30. The first-order valence-corrected chi connectivity index (χ1v) is 8.56. The Morgan fingerprint density at radius 3 is 2.78 bits per heavy atom. The summed E-state index contributed by atoms with van der Waals surface area (Å²) in [5.41, 5.74) is 2.24. The number of nitrogens with one attached hydrogen (secondary N) is 1. The number of fused-ring (bicyclic) bond motifs is 1. The molecule has 5 nitrogen and oxygen atoms in total. The molecule has 0 saturated carbocycles. The maximum atomic E-state index is 11.8. The second-order valence-electron chi connectivity index (χ2n) is 6.58. The molecular weight excluding hydrogens is 310 g/mol. The first-order chi connectivity index (χ1) is 10.9. The van der Waals surface area contributed by atoms with Crippen LogP contribution in [-0.2, 0) is 17.7 Å². The van der Waals surface area contributed by atoms with Crippen molar-refractivity contribution >= 4 is 28.4 Å². The molecule has 0 saturated heterocycles. The predicted octanol–water partition coefficient (Wildman–Crippen LogP) is 4.05. The summed E-state index contributed by atoms with van der Waals surface area (Å²) in [6.45, 7) is 7.31. The molecule has 1 aliphatic heterocycles. The fourth-order valence-corrected chi connectivity index (χ4v) is 3.26. The zero-order valence-electron chi connectivity index (χ0n) is 13.6. The van der Waals surface area contributed by atoms with Crippen LogP contribution in [0.4, 0.5) is 15.7 Å². The highest BCUT2D eigenvalue weighted by Gasteiger charge is 2.20. The molecule has 6 heteroatoms. The van der Waals surface area contributed by atoms with Gasteiger partial charge in [-0.1, -0.05) is 24.3 Å². The zero-order valence-corrected chi connectivity index (χ0v) is 14.4. The Morgan fingerprint density at radius 2 is 2.04 bits per heavy atom. The van der Waals surface area contributed by atoms with Gasteiger partial charge in [0.25, 0.3) is 0 Å². The van der Waals surface area contributed by atoms with E-state index in [9.17, 15) is 4.79 Å². The van der Waals surface area contributed by atoms with Gasteiger partial charge in [0, 0.05) is 18.5 Å². The van der Waals surface area contributed by atoms with Gasteiger partial charge in [-0.3, -0.25) is 5.32 Å². The first kappa shape index (κ1) is 15.8. The highest BCUT2D eigenvalue weighted by molar-refractivity contribution is 7.14. The summed E-state index contributed by atoms with van der Waals surface area (Å²) < 4.78 is 5.25. The fraction of sp³-hybridized carbons (Fsp3) is 0.412. The van der Waals surface area contributed by atoms with Crippen LogP contribution in [0.3, 0.4) is 0 Å². The van der Waals surface area contributed by atoms with Gasteiger partial charge in [0.05, 0.1) is 0 Å². The molecule has 0 radical (unpaired) electrons. The third kappa shape index (κ3) is 4.01. The lowest BCUT2D eigenvalue weighted by atomic mass is 10.0. The number of nitrogens with zero attached hydrogens (tertiary/aromatic N) is 2. The van der Waals surface area contributed by atoms with Crippen LogP contribution in [0.5, 0.6) is 0 Å². The number of amides is 1. The number of hydrogen-bond donors (Lipinski definition) is 1. The Bertz CT molecular complexity index is 706. The number of hydrogen-bond acceptors (Lipinski definition) is 5. The van der Waals surface area contributed by atoms with Crippen molar-refractivity contribution in [2.45, 2.75) is 39.3 Å². The number of ether oxygens (including phenoxy) is 1. The minimum atomic E-state index is -0.513. The van der Waals surface area contributed by atoms with Crippen LogP contribution < -0.4 is 10.2 Å². The maximum absolute atomic E-state index is 11.8. The van der Waals surface area contributed by atoms with Crippen LogP contribution in [0.15, 0.2) is 29.6 Å². The van der Waals surface area contributed by atoms with Crippen LogP contribution in [0.2, 0.25) is 0 Å². The smallest absolute Gasteiger partial charge is 0.413 e. The molecule has 2 aromatic rings. The van der Waals surface area contributed by atoms with Crippen LogP contribution in [0.25, 0.3) is 0 Å². The van der Waals surface area contributed by atoms with Crippen molar-refractivity contribution in [1.29, 1.82) is 0 Å². The fourth-order valence-electron chi connectivity index (χ4n) is 2.55. The van der Waals surface area contributed by atoms with Gasteiger partial charge in [-0.05, 0) is 38.3 Å². The highest BCUT2D eigenvalue weighted by Crippen LogP contribution is 2.28. The van der Waals surface area contributed by atoms with Gasteiger partial charge in [0.2, 0.25) is 0 Å². The van der Waals surface area contributed by atoms with E-state index in [1.807, 2.05) is 26.2 Å². The molecule has 0 aliphatic carbocycles. The number of anilines is 2. The van der Waals surface area contributed by atoms with Crippen LogP contribution in [-0.4, -0.2) is 23.2 Å². The van der Waals surface area contributed by atoms with E-state index in [1.54, 1.807) is 0 Å². The van der Waals surface area contributed by atoms with E-state index in [2.05, 4.69) is 39.5 Å². The third-order valence-electron chi connectivity index (χ3n) is 3.55. The van der Waals surface area contributed by atoms with E-state index in [-0.39, 0.29) is 0 Å². The number of carbonyl (C=O) groups excluding carboxylic acids is 1. The summed E-state index contributed by atoms with van der Waals surface area (Å²) in [5.74, 6) is 0.899. The minimum Gasteiger partial charge on any atom is -0.444 e. The lowest BCUT2D eigenvalue weighted by molar-refractivity contribution is 0.0636. The Balaban J connectivity index is 1.65. The summed E-state index contributed by atoms with van der Waals surface area (Å²) in [6.07, 6.45) is 0.546. The quantitative estimate of drug-likeness (QED) is 0.902. The second kappa shape index (κ2) is 6.20. The predicted molar refractivity (Wildman–Crippen MR) is 93.2 cm³/mol. The first-order valence-electron chi connectivity index (χ1n) is 7.68. The van der Waals surface area contributed by atoms with Crippen molar-refractivity contribution in [3.05, 3.63) is 40.8 Å². The molecule has 0 bridgehead atoms. The number of thiazole rings is 1. The molecular formula is C17H21N3O2S. The molecule has 1 aliphatic rings. The molecule has 1 N–H and O–H groups in total. The number of rotatable bonds is 2. The van der Waals surface area contributed by atoms with E-state index < -0.39 is 11.7 Å². The van der Waals surface area contributed by atoms with Crippen LogP contribution >= 0.6 is 11.3 Å². The van der Waals surface area contributed by atoms with E-state index in [1.165, 1.54) is 22.5 Å². The van der Waals surface area contributed by atoms with Gasteiger partial charge in [-0.2, -0.15) is 0 Å². The normalized spacial score (nSPS) is 14.3.